The van der Waals surface area contributed by atoms with Gasteiger partial charge in [0.25, 0.3) is 5.91 Å². The highest BCUT2D eigenvalue weighted by Crippen LogP contribution is 2.28. The minimum absolute atomic E-state index is 0.00792. The number of carbonyl (C=O) groups excluding carboxylic acids is 1. The number of fused-ring (bicyclic) bond motifs is 1. The summed E-state index contributed by atoms with van der Waals surface area (Å²) in [4.78, 5) is 24.0. The summed E-state index contributed by atoms with van der Waals surface area (Å²) >= 11 is 5.93. The minimum atomic E-state index is -0.501. The molecule has 2 aromatic carbocycles. The Morgan fingerprint density at radius 3 is 2.76 bits per heavy atom. The summed E-state index contributed by atoms with van der Waals surface area (Å²) < 4.78 is 20.8. The standard InChI is InChI=1S/C27H28ClFN6O3/c28-23-13-19(1-3-24(23)29)33-26-21-14-20(2-4-25(21)31-17-32-26)35-15-18(5-10-36)22(16-35)27(37)30-6-7-34-8-11-38-12-9-34/h1-4,13-17,36H,5-12H2,(H,30,37)(H,31,32,33). The van der Waals surface area contributed by atoms with E-state index in [0.29, 0.717) is 48.8 Å². The number of rotatable bonds is 9. The van der Waals surface area contributed by atoms with E-state index in [2.05, 4.69) is 25.5 Å². The number of anilines is 2. The molecule has 1 aliphatic rings. The second kappa shape index (κ2) is 11.9. The number of carbonyl (C=O) groups is 1. The molecule has 1 amide bonds. The molecule has 0 atom stereocenters. The lowest BCUT2D eigenvalue weighted by Gasteiger charge is -2.26. The lowest BCUT2D eigenvalue weighted by atomic mass is 10.1. The van der Waals surface area contributed by atoms with Crippen molar-refractivity contribution in [3.8, 4) is 5.69 Å². The first-order chi connectivity index (χ1) is 18.5. The first-order valence-corrected chi connectivity index (χ1v) is 12.8. The normalized spacial score (nSPS) is 14.1. The number of aliphatic hydroxyl groups is 1. The smallest absolute Gasteiger partial charge is 0.253 e. The molecule has 9 nitrogen and oxygen atoms in total. The molecule has 0 unspecified atom stereocenters. The van der Waals surface area contributed by atoms with E-state index < -0.39 is 5.82 Å². The van der Waals surface area contributed by atoms with Crippen molar-refractivity contribution in [1.29, 1.82) is 0 Å². The highest BCUT2D eigenvalue weighted by molar-refractivity contribution is 6.31. The molecule has 2 aromatic heterocycles. The lowest BCUT2D eigenvalue weighted by molar-refractivity contribution is 0.0383. The van der Waals surface area contributed by atoms with Crippen molar-refractivity contribution in [3.05, 3.63) is 77.1 Å². The number of nitrogens with zero attached hydrogens (tertiary/aromatic N) is 4. The van der Waals surface area contributed by atoms with Crippen LogP contribution in [0, 0.1) is 5.82 Å². The van der Waals surface area contributed by atoms with Crippen LogP contribution >= 0.6 is 11.6 Å². The van der Waals surface area contributed by atoms with Crippen LogP contribution < -0.4 is 10.6 Å². The van der Waals surface area contributed by atoms with Gasteiger partial charge in [0.15, 0.2) is 0 Å². The molecule has 0 saturated carbocycles. The van der Waals surface area contributed by atoms with Gasteiger partial charge in [-0.15, -0.1) is 0 Å². The van der Waals surface area contributed by atoms with Crippen molar-refractivity contribution < 1.29 is 19.0 Å². The first-order valence-electron chi connectivity index (χ1n) is 12.4. The number of aromatic nitrogens is 3. The Morgan fingerprint density at radius 2 is 1.97 bits per heavy atom. The zero-order valence-corrected chi connectivity index (χ0v) is 21.4. The van der Waals surface area contributed by atoms with Crippen LogP contribution in [0.1, 0.15) is 15.9 Å². The second-order valence-corrected chi connectivity index (χ2v) is 9.37. The van der Waals surface area contributed by atoms with E-state index in [9.17, 15) is 14.3 Å². The maximum absolute atomic E-state index is 13.6. The van der Waals surface area contributed by atoms with Gasteiger partial charge >= 0.3 is 0 Å². The molecular weight excluding hydrogens is 511 g/mol. The molecule has 0 spiro atoms. The Labute approximate surface area is 224 Å². The summed E-state index contributed by atoms with van der Waals surface area (Å²) in [6.07, 6.45) is 5.43. The highest BCUT2D eigenvalue weighted by Gasteiger charge is 2.17. The third-order valence-electron chi connectivity index (χ3n) is 6.45. The Bertz CT molecular complexity index is 1440. The van der Waals surface area contributed by atoms with Gasteiger partial charge < -0.3 is 25.0 Å². The van der Waals surface area contributed by atoms with E-state index >= 15 is 0 Å². The van der Waals surface area contributed by atoms with E-state index in [-0.39, 0.29) is 17.5 Å². The summed E-state index contributed by atoms with van der Waals surface area (Å²) in [7, 11) is 0. The van der Waals surface area contributed by atoms with Gasteiger partial charge in [0.05, 0.1) is 29.3 Å². The third-order valence-corrected chi connectivity index (χ3v) is 6.74. The molecule has 1 fully saturated rings. The summed E-state index contributed by atoms with van der Waals surface area (Å²) in [5, 5.41) is 16.5. The predicted molar refractivity (Wildman–Crippen MR) is 144 cm³/mol. The van der Waals surface area contributed by atoms with Crippen LogP contribution in [-0.2, 0) is 11.2 Å². The van der Waals surface area contributed by atoms with Crippen molar-refractivity contribution in [2.45, 2.75) is 6.42 Å². The van der Waals surface area contributed by atoms with Gasteiger partial charge in [-0.25, -0.2) is 14.4 Å². The van der Waals surface area contributed by atoms with Crippen molar-refractivity contribution >= 4 is 39.9 Å². The maximum Gasteiger partial charge on any atom is 0.253 e. The van der Waals surface area contributed by atoms with Crippen molar-refractivity contribution in [2.75, 3.05) is 51.3 Å². The van der Waals surface area contributed by atoms with E-state index in [4.69, 9.17) is 16.3 Å². The fraction of sp³-hybridized carbons (Fsp3) is 0.296. The van der Waals surface area contributed by atoms with E-state index in [1.807, 2.05) is 29.0 Å². The molecule has 3 heterocycles. The molecule has 0 bridgehead atoms. The average molecular weight is 539 g/mol. The van der Waals surface area contributed by atoms with Crippen LogP contribution in [-0.4, -0.2) is 76.4 Å². The number of ether oxygens (including phenoxy) is 1. The number of amides is 1. The van der Waals surface area contributed by atoms with Crippen LogP contribution in [0.5, 0.6) is 0 Å². The Morgan fingerprint density at radius 1 is 1.13 bits per heavy atom. The number of hydrogen-bond acceptors (Lipinski definition) is 7. The summed E-state index contributed by atoms with van der Waals surface area (Å²) in [6.45, 7) is 4.35. The summed E-state index contributed by atoms with van der Waals surface area (Å²) in [5.41, 5.74) is 3.36. The van der Waals surface area contributed by atoms with Gasteiger partial charge in [-0.05, 0) is 48.4 Å². The van der Waals surface area contributed by atoms with Crippen molar-refractivity contribution in [2.24, 2.45) is 0 Å². The minimum Gasteiger partial charge on any atom is -0.396 e. The molecule has 5 rings (SSSR count). The lowest BCUT2D eigenvalue weighted by Crippen LogP contribution is -2.41. The number of morpholine rings is 1. The van der Waals surface area contributed by atoms with Crippen LogP contribution in [0.15, 0.2) is 55.1 Å². The Hall–Kier alpha value is -3.57. The van der Waals surface area contributed by atoms with Crippen LogP contribution in [0.4, 0.5) is 15.9 Å². The fourth-order valence-electron chi connectivity index (χ4n) is 4.43. The van der Waals surface area contributed by atoms with Crippen LogP contribution in [0.3, 0.4) is 0 Å². The first kappa shape index (κ1) is 26.1. The third kappa shape index (κ3) is 5.94. The second-order valence-electron chi connectivity index (χ2n) is 8.97. The van der Waals surface area contributed by atoms with Gasteiger partial charge in [0, 0.05) is 61.9 Å². The molecular formula is C27H28ClFN6O3. The van der Waals surface area contributed by atoms with Crippen LogP contribution in [0.2, 0.25) is 5.02 Å². The molecule has 0 radical (unpaired) electrons. The van der Waals surface area contributed by atoms with E-state index in [0.717, 1.165) is 36.3 Å². The number of nitrogens with one attached hydrogen (secondary N) is 2. The summed E-state index contributed by atoms with van der Waals surface area (Å²) in [6, 6.07) is 10.0. The van der Waals surface area contributed by atoms with Gasteiger partial charge in [-0.3, -0.25) is 9.69 Å². The van der Waals surface area contributed by atoms with Gasteiger partial charge in [0.1, 0.15) is 18.0 Å². The Balaban J connectivity index is 1.38. The monoisotopic (exact) mass is 538 g/mol. The maximum atomic E-state index is 13.6. The average Bonchev–Trinajstić information content (AvgIpc) is 3.35. The predicted octanol–water partition coefficient (Wildman–Crippen LogP) is 3.55. The molecule has 1 aliphatic heterocycles. The topological polar surface area (TPSA) is 105 Å². The molecule has 0 aliphatic carbocycles. The van der Waals surface area contributed by atoms with Gasteiger partial charge in [-0.2, -0.15) is 0 Å². The van der Waals surface area contributed by atoms with Crippen molar-refractivity contribution in [1.82, 2.24) is 24.8 Å². The molecule has 3 N–H and O–H groups in total. The summed E-state index contributed by atoms with van der Waals surface area (Å²) in [5.74, 6) is -0.150. The number of halogens is 2. The van der Waals surface area contributed by atoms with Gasteiger partial charge in [0.2, 0.25) is 0 Å². The van der Waals surface area contributed by atoms with E-state index in [1.54, 1.807) is 12.3 Å². The zero-order chi connectivity index (χ0) is 26.5. The number of aliphatic hydroxyl groups excluding tert-OH is 1. The molecule has 11 heteroatoms. The largest absolute Gasteiger partial charge is 0.396 e. The quantitative estimate of drug-likeness (QED) is 0.299. The molecule has 1 saturated heterocycles. The Kier molecular flexibility index (Phi) is 8.14. The highest BCUT2D eigenvalue weighted by atomic mass is 35.5. The number of hydrogen-bond donors (Lipinski definition) is 3. The number of benzene rings is 2. The molecule has 4 aromatic rings. The zero-order valence-electron chi connectivity index (χ0n) is 20.7. The van der Waals surface area contributed by atoms with E-state index in [1.165, 1.54) is 18.5 Å². The molecule has 198 valence electrons. The fourth-order valence-corrected chi connectivity index (χ4v) is 4.61. The molecule has 38 heavy (non-hydrogen) atoms. The van der Waals surface area contributed by atoms with Crippen LogP contribution in [0.25, 0.3) is 16.6 Å². The van der Waals surface area contributed by atoms with Crippen molar-refractivity contribution in [3.63, 3.8) is 0 Å². The van der Waals surface area contributed by atoms with Gasteiger partial charge in [-0.1, -0.05) is 11.6 Å². The SMILES string of the molecule is O=C(NCCN1CCOCC1)c1cn(-c2ccc3ncnc(Nc4ccc(F)c(Cl)c4)c3c2)cc1CCO.